The molecule has 0 atom stereocenters. The molecule has 0 amide bonds. The molecule has 0 aliphatic rings. The Morgan fingerprint density at radius 3 is 2.50 bits per heavy atom. The van der Waals surface area contributed by atoms with Crippen molar-refractivity contribution in [3.8, 4) is 11.9 Å². The average molecular weight is 374 g/mol. The summed E-state index contributed by atoms with van der Waals surface area (Å²) in [4.78, 5) is 0. The molecule has 1 aromatic heterocycles. The SMILES string of the molecule is Cc1ccc(Cn2nc(OCc3cc(C(C)C)ccc3C)c(C#N)c2N)cc1. The molecule has 3 rings (SSSR count). The summed E-state index contributed by atoms with van der Waals surface area (Å²) in [6, 6.07) is 16.7. The highest BCUT2D eigenvalue weighted by atomic mass is 16.5. The molecule has 2 aromatic carbocycles. The molecule has 0 spiro atoms. The van der Waals surface area contributed by atoms with Gasteiger partial charge in [-0.05, 0) is 42.0 Å². The first-order valence-corrected chi connectivity index (χ1v) is 9.43. The highest BCUT2D eigenvalue weighted by Gasteiger charge is 2.17. The number of anilines is 1. The van der Waals surface area contributed by atoms with Crippen LogP contribution in [-0.2, 0) is 13.2 Å². The molecule has 144 valence electrons. The monoisotopic (exact) mass is 374 g/mol. The van der Waals surface area contributed by atoms with E-state index in [-0.39, 0.29) is 11.4 Å². The van der Waals surface area contributed by atoms with Crippen LogP contribution < -0.4 is 10.5 Å². The van der Waals surface area contributed by atoms with Crippen molar-refractivity contribution in [2.75, 3.05) is 5.73 Å². The normalized spacial score (nSPS) is 10.9. The Balaban J connectivity index is 1.82. The van der Waals surface area contributed by atoms with Crippen molar-refractivity contribution in [3.63, 3.8) is 0 Å². The number of nitrogens with zero attached hydrogens (tertiary/aromatic N) is 3. The molecule has 0 saturated heterocycles. The van der Waals surface area contributed by atoms with Crippen molar-refractivity contribution >= 4 is 5.82 Å². The number of aromatic nitrogens is 2. The van der Waals surface area contributed by atoms with Crippen LogP contribution in [-0.4, -0.2) is 9.78 Å². The summed E-state index contributed by atoms with van der Waals surface area (Å²) in [6.07, 6.45) is 0. The summed E-state index contributed by atoms with van der Waals surface area (Å²) in [6.45, 7) is 9.27. The summed E-state index contributed by atoms with van der Waals surface area (Å²) >= 11 is 0. The standard InChI is InChI=1S/C23H26N4O/c1-15(2)19-10-7-17(4)20(11-19)14-28-23-21(12-24)22(25)27(26-23)13-18-8-5-16(3)6-9-18/h5-11,15H,13-14,25H2,1-4H3. The lowest BCUT2D eigenvalue weighted by molar-refractivity contribution is 0.288. The van der Waals surface area contributed by atoms with E-state index in [0.29, 0.717) is 24.9 Å². The molecule has 5 heteroatoms. The molecule has 0 aliphatic heterocycles. The maximum absolute atomic E-state index is 9.52. The molecule has 0 fully saturated rings. The number of nitriles is 1. The summed E-state index contributed by atoms with van der Waals surface area (Å²) < 4.78 is 7.53. The van der Waals surface area contributed by atoms with E-state index in [9.17, 15) is 5.26 Å². The van der Waals surface area contributed by atoms with E-state index in [2.05, 4.69) is 50.1 Å². The fourth-order valence-electron chi connectivity index (χ4n) is 3.00. The number of hydrogen-bond donors (Lipinski definition) is 1. The third-order valence-corrected chi connectivity index (χ3v) is 4.93. The highest BCUT2D eigenvalue weighted by molar-refractivity contribution is 5.55. The fraction of sp³-hybridized carbons (Fsp3) is 0.304. The molecule has 2 N–H and O–H groups in total. The molecule has 0 radical (unpaired) electrons. The van der Waals surface area contributed by atoms with E-state index in [4.69, 9.17) is 10.5 Å². The number of nitrogens with two attached hydrogens (primary N) is 1. The summed E-state index contributed by atoms with van der Waals surface area (Å²) in [7, 11) is 0. The van der Waals surface area contributed by atoms with Gasteiger partial charge < -0.3 is 10.5 Å². The zero-order chi connectivity index (χ0) is 20.3. The van der Waals surface area contributed by atoms with Crippen LogP contribution in [0.4, 0.5) is 5.82 Å². The quantitative estimate of drug-likeness (QED) is 0.678. The van der Waals surface area contributed by atoms with E-state index in [1.165, 1.54) is 11.1 Å². The Morgan fingerprint density at radius 2 is 1.86 bits per heavy atom. The lowest BCUT2D eigenvalue weighted by Gasteiger charge is -2.11. The van der Waals surface area contributed by atoms with Crippen molar-refractivity contribution in [3.05, 3.63) is 75.8 Å². The maximum Gasteiger partial charge on any atom is 0.253 e. The minimum Gasteiger partial charge on any atom is -0.471 e. The van der Waals surface area contributed by atoms with Crippen LogP contribution in [0.5, 0.6) is 5.88 Å². The highest BCUT2D eigenvalue weighted by Crippen LogP contribution is 2.26. The smallest absolute Gasteiger partial charge is 0.253 e. The van der Waals surface area contributed by atoms with Gasteiger partial charge in [0.1, 0.15) is 18.5 Å². The Labute approximate surface area is 166 Å². The summed E-state index contributed by atoms with van der Waals surface area (Å²) in [5, 5.41) is 14.0. The average Bonchev–Trinajstić information content (AvgIpc) is 2.97. The van der Waals surface area contributed by atoms with Crippen molar-refractivity contribution in [1.29, 1.82) is 5.26 Å². The van der Waals surface area contributed by atoms with E-state index >= 15 is 0 Å². The van der Waals surface area contributed by atoms with Crippen LogP contribution in [0.15, 0.2) is 42.5 Å². The van der Waals surface area contributed by atoms with Crippen LogP contribution in [0.2, 0.25) is 0 Å². The Kier molecular flexibility index (Phi) is 5.70. The van der Waals surface area contributed by atoms with Crippen LogP contribution in [0, 0.1) is 25.2 Å². The number of aryl methyl sites for hydroxylation is 2. The zero-order valence-corrected chi connectivity index (χ0v) is 16.9. The van der Waals surface area contributed by atoms with Crippen LogP contribution in [0.1, 0.15) is 53.1 Å². The van der Waals surface area contributed by atoms with E-state index < -0.39 is 0 Å². The van der Waals surface area contributed by atoms with Gasteiger partial charge in [-0.3, -0.25) is 0 Å². The van der Waals surface area contributed by atoms with Crippen molar-refractivity contribution in [2.45, 2.75) is 46.8 Å². The Bertz CT molecular complexity index is 1010. The molecule has 5 nitrogen and oxygen atoms in total. The molecule has 3 aromatic rings. The second-order valence-corrected chi connectivity index (χ2v) is 7.45. The van der Waals surface area contributed by atoms with Crippen LogP contribution >= 0.6 is 0 Å². The van der Waals surface area contributed by atoms with Gasteiger partial charge in [0.25, 0.3) is 5.88 Å². The lowest BCUT2D eigenvalue weighted by atomic mass is 9.98. The maximum atomic E-state index is 9.52. The molecular formula is C23H26N4O. The lowest BCUT2D eigenvalue weighted by Crippen LogP contribution is -2.06. The van der Waals surface area contributed by atoms with E-state index in [1.807, 2.05) is 31.2 Å². The van der Waals surface area contributed by atoms with Crippen molar-refractivity contribution < 1.29 is 4.74 Å². The van der Waals surface area contributed by atoms with Crippen molar-refractivity contribution in [1.82, 2.24) is 9.78 Å². The number of nitrogen functional groups attached to an aromatic ring is 1. The number of ether oxygens (including phenoxy) is 1. The van der Waals surface area contributed by atoms with Gasteiger partial charge in [0, 0.05) is 0 Å². The van der Waals surface area contributed by atoms with Crippen molar-refractivity contribution in [2.24, 2.45) is 0 Å². The van der Waals surface area contributed by atoms with Crippen LogP contribution in [0.3, 0.4) is 0 Å². The Hall–Kier alpha value is -3.26. The molecule has 0 saturated carbocycles. The van der Waals surface area contributed by atoms with Gasteiger partial charge in [0.2, 0.25) is 0 Å². The third kappa shape index (κ3) is 4.17. The van der Waals surface area contributed by atoms with Gasteiger partial charge in [0.05, 0.1) is 6.54 Å². The fourth-order valence-corrected chi connectivity index (χ4v) is 3.00. The molecule has 0 bridgehead atoms. The molecular weight excluding hydrogens is 348 g/mol. The van der Waals surface area contributed by atoms with Gasteiger partial charge in [-0.1, -0.05) is 61.9 Å². The van der Waals surface area contributed by atoms with Gasteiger partial charge in [0.15, 0.2) is 5.56 Å². The minimum absolute atomic E-state index is 0.279. The van der Waals surface area contributed by atoms with Crippen LogP contribution in [0.25, 0.3) is 0 Å². The van der Waals surface area contributed by atoms with E-state index in [0.717, 1.165) is 16.7 Å². The molecule has 0 unspecified atom stereocenters. The zero-order valence-electron chi connectivity index (χ0n) is 16.9. The number of rotatable bonds is 6. The predicted octanol–water partition coefficient (Wildman–Crippen LogP) is 4.70. The number of hydrogen-bond acceptors (Lipinski definition) is 4. The second kappa shape index (κ2) is 8.18. The minimum atomic E-state index is 0.279. The summed E-state index contributed by atoms with van der Waals surface area (Å²) in [5.74, 6) is 1.05. The van der Waals surface area contributed by atoms with Gasteiger partial charge in [-0.2, -0.15) is 5.26 Å². The molecule has 28 heavy (non-hydrogen) atoms. The molecule has 1 heterocycles. The molecule has 0 aliphatic carbocycles. The van der Waals surface area contributed by atoms with Gasteiger partial charge in [-0.25, -0.2) is 4.68 Å². The number of benzene rings is 2. The topological polar surface area (TPSA) is 76.9 Å². The summed E-state index contributed by atoms with van der Waals surface area (Å²) in [5.41, 5.74) is 12.2. The second-order valence-electron chi connectivity index (χ2n) is 7.45. The third-order valence-electron chi connectivity index (χ3n) is 4.93. The Morgan fingerprint density at radius 1 is 1.14 bits per heavy atom. The first-order valence-electron chi connectivity index (χ1n) is 9.43. The largest absolute Gasteiger partial charge is 0.471 e. The van der Waals surface area contributed by atoms with Gasteiger partial charge >= 0.3 is 0 Å². The van der Waals surface area contributed by atoms with E-state index in [1.54, 1.807) is 4.68 Å². The predicted molar refractivity (Wildman–Crippen MR) is 111 cm³/mol. The van der Waals surface area contributed by atoms with Gasteiger partial charge in [-0.15, -0.1) is 5.10 Å². The first kappa shape index (κ1) is 19.5. The first-order chi connectivity index (χ1) is 13.4.